The van der Waals surface area contributed by atoms with Crippen molar-refractivity contribution in [3.05, 3.63) is 133 Å². The zero-order chi connectivity index (χ0) is 30.2. The van der Waals surface area contributed by atoms with E-state index >= 15 is 0 Å². The van der Waals surface area contributed by atoms with Gasteiger partial charge in [-0.3, -0.25) is 9.97 Å². The zero-order valence-corrected chi connectivity index (χ0v) is 25.5. The molecule has 4 heteroatoms. The Morgan fingerprint density at radius 2 is 1.02 bits per heavy atom. The zero-order valence-electron chi connectivity index (χ0n) is 25.5. The fraction of sp³-hybridized carbons (Fsp3) is 0.150. The van der Waals surface area contributed by atoms with Crippen LogP contribution in [0.25, 0.3) is 66.8 Å². The summed E-state index contributed by atoms with van der Waals surface area (Å²) in [4.78, 5) is 20.3. The number of rotatable bonds is 6. The van der Waals surface area contributed by atoms with Gasteiger partial charge in [0, 0.05) is 38.9 Å². The van der Waals surface area contributed by atoms with Crippen molar-refractivity contribution in [1.82, 2.24) is 19.9 Å². The normalized spacial score (nSPS) is 11.6. The van der Waals surface area contributed by atoms with Crippen LogP contribution in [-0.4, -0.2) is 19.9 Å². The average molecular weight is 571 g/mol. The van der Waals surface area contributed by atoms with Crippen molar-refractivity contribution in [1.29, 1.82) is 0 Å². The third-order valence-electron chi connectivity index (χ3n) is 8.16. The summed E-state index contributed by atoms with van der Waals surface area (Å²) in [6.07, 6.45) is 0. The van der Waals surface area contributed by atoms with Crippen molar-refractivity contribution in [2.45, 2.75) is 39.5 Å². The van der Waals surface area contributed by atoms with Crippen LogP contribution in [0, 0.1) is 0 Å². The first-order chi connectivity index (χ1) is 21.4. The lowest BCUT2D eigenvalue weighted by atomic mass is 9.94. The largest absolute Gasteiger partial charge is 0.250 e. The molecule has 0 saturated carbocycles. The van der Waals surface area contributed by atoms with Gasteiger partial charge >= 0.3 is 0 Å². The number of fused-ring (bicyclic) bond motifs is 3. The van der Waals surface area contributed by atoms with Crippen LogP contribution in [0.5, 0.6) is 0 Å². The number of benzene rings is 4. The lowest BCUT2D eigenvalue weighted by Gasteiger charge is -2.15. The second kappa shape index (κ2) is 11.5. The topological polar surface area (TPSA) is 51.6 Å². The Kier molecular flexibility index (Phi) is 7.19. The molecule has 0 aliphatic rings. The maximum Gasteiger partial charge on any atom is 0.160 e. The molecule has 0 unspecified atom stereocenters. The molecule has 3 aromatic heterocycles. The summed E-state index contributed by atoms with van der Waals surface area (Å²) in [6.45, 7) is 8.76. The average Bonchev–Trinajstić information content (AvgIpc) is 3.08. The molecular formula is C40H34N4. The van der Waals surface area contributed by atoms with Gasteiger partial charge in [-0.05, 0) is 47.2 Å². The Hall–Kier alpha value is -5.22. The summed E-state index contributed by atoms with van der Waals surface area (Å²) in [7, 11) is 0. The summed E-state index contributed by atoms with van der Waals surface area (Å²) < 4.78 is 0. The van der Waals surface area contributed by atoms with Crippen LogP contribution < -0.4 is 0 Å². The van der Waals surface area contributed by atoms with E-state index < -0.39 is 0 Å². The molecule has 0 amide bonds. The van der Waals surface area contributed by atoms with E-state index in [1.165, 1.54) is 0 Å². The predicted octanol–water partition coefficient (Wildman–Crippen LogP) is 10.5. The standard InChI is InChI=1S/C40H34N4/c1-25(2)34-21-19-28-18-20-32-33(23-35(26(3)4)42-39(32)38(28)41-34)30-16-11-17-31(22-30)37-24-36(27-12-7-5-8-13-27)43-40(44-37)29-14-9-6-10-15-29/h5-26H,1-4H3. The Labute approximate surface area is 258 Å². The maximum absolute atomic E-state index is 5.18. The molecule has 0 aliphatic heterocycles. The van der Waals surface area contributed by atoms with Gasteiger partial charge in [-0.25, -0.2) is 9.97 Å². The van der Waals surface area contributed by atoms with E-state index in [0.29, 0.717) is 11.7 Å². The molecule has 0 saturated heterocycles. The van der Waals surface area contributed by atoms with Crippen molar-refractivity contribution in [2.75, 3.05) is 0 Å². The minimum atomic E-state index is 0.272. The van der Waals surface area contributed by atoms with Gasteiger partial charge in [0.05, 0.1) is 22.4 Å². The number of hydrogen-bond acceptors (Lipinski definition) is 4. The molecular weight excluding hydrogens is 536 g/mol. The highest BCUT2D eigenvalue weighted by Gasteiger charge is 2.16. The molecule has 4 aromatic carbocycles. The molecule has 3 heterocycles. The second-order valence-electron chi connectivity index (χ2n) is 11.9. The smallest absolute Gasteiger partial charge is 0.160 e. The summed E-state index contributed by atoms with van der Waals surface area (Å²) in [5.74, 6) is 1.32. The van der Waals surface area contributed by atoms with E-state index in [2.05, 4.69) is 113 Å². The van der Waals surface area contributed by atoms with Crippen molar-refractivity contribution >= 4 is 21.8 Å². The SMILES string of the molecule is CC(C)c1ccc2ccc3c(-c4cccc(-c5cc(-c6ccccc6)nc(-c6ccccc6)n5)c4)cc(C(C)C)nc3c2n1. The number of pyridine rings is 2. The molecule has 214 valence electrons. The molecule has 0 radical (unpaired) electrons. The van der Waals surface area contributed by atoms with E-state index in [0.717, 1.165) is 72.4 Å². The highest BCUT2D eigenvalue weighted by Crippen LogP contribution is 2.36. The Balaban J connectivity index is 1.43. The first-order valence-electron chi connectivity index (χ1n) is 15.3. The van der Waals surface area contributed by atoms with Crippen LogP contribution in [0.2, 0.25) is 0 Å². The molecule has 7 rings (SSSR count). The van der Waals surface area contributed by atoms with E-state index in [1.54, 1.807) is 0 Å². The van der Waals surface area contributed by atoms with E-state index in [9.17, 15) is 0 Å². The monoisotopic (exact) mass is 570 g/mol. The minimum absolute atomic E-state index is 0.272. The van der Waals surface area contributed by atoms with Gasteiger partial charge < -0.3 is 0 Å². The van der Waals surface area contributed by atoms with Crippen LogP contribution in [0.1, 0.15) is 50.9 Å². The van der Waals surface area contributed by atoms with Gasteiger partial charge in [0.15, 0.2) is 5.82 Å². The van der Waals surface area contributed by atoms with Crippen LogP contribution >= 0.6 is 0 Å². The highest BCUT2D eigenvalue weighted by molar-refractivity contribution is 6.08. The Bertz CT molecular complexity index is 2060. The molecule has 0 atom stereocenters. The molecule has 4 nitrogen and oxygen atoms in total. The first-order valence-corrected chi connectivity index (χ1v) is 15.3. The van der Waals surface area contributed by atoms with Gasteiger partial charge in [-0.1, -0.05) is 125 Å². The Morgan fingerprint density at radius 3 is 1.73 bits per heavy atom. The van der Waals surface area contributed by atoms with Gasteiger partial charge in [-0.15, -0.1) is 0 Å². The molecule has 0 N–H and O–H groups in total. The Morgan fingerprint density at radius 1 is 0.432 bits per heavy atom. The quantitative estimate of drug-likeness (QED) is 0.187. The van der Waals surface area contributed by atoms with Gasteiger partial charge in [-0.2, -0.15) is 0 Å². The fourth-order valence-corrected chi connectivity index (χ4v) is 5.68. The van der Waals surface area contributed by atoms with Crippen molar-refractivity contribution in [3.8, 4) is 45.0 Å². The summed E-state index contributed by atoms with van der Waals surface area (Å²) in [5, 5.41) is 2.21. The lowest BCUT2D eigenvalue weighted by molar-refractivity contribution is 0.826. The molecule has 0 aliphatic carbocycles. The van der Waals surface area contributed by atoms with E-state index in [4.69, 9.17) is 19.9 Å². The molecule has 0 fully saturated rings. The number of nitrogens with zero attached hydrogens (tertiary/aromatic N) is 4. The molecule has 44 heavy (non-hydrogen) atoms. The van der Waals surface area contributed by atoms with Crippen LogP contribution in [0.4, 0.5) is 0 Å². The van der Waals surface area contributed by atoms with Crippen molar-refractivity contribution in [2.24, 2.45) is 0 Å². The van der Waals surface area contributed by atoms with Crippen LogP contribution in [-0.2, 0) is 0 Å². The minimum Gasteiger partial charge on any atom is -0.250 e. The second-order valence-corrected chi connectivity index (χ2v) is 11.9. The third kappa shape index (κ3) is 5.24. The first kappa shape index (κ1) is 27.6. The lowest BCUT2D eigenvalue weighted by Crippen LogP contribution is -1.99. The summed E-state index contributed by atoms with van der Waals surface area (Å²) in [6, 6.07) is 42.2. The van der Waals surface area contributed by atoms with Crippen molar-refractivity contribution in [3.63, 3.8) is 0 Å². The van der Waals surface area contributed by atoms with Crippen LogP contribution in [0.15, 0.2) is 121 Å². The molecule has 7 aromatic rings. The third-order valence-corrected chi connectivity index (χ3v) is 8.16. The summed E-state index contributed by atoms with van der Waals surface area (Å²) >= 11 is 0. The maximum atomic E-state index is 5.18. The highest BCUT2D eigenvalue weighted by atomic mass is 14.9. The summed E-state index contributed by atoms with van der Waals surface area (Å²) in [5.41, 5.74) is 11.2. The van der Waals surface area contributed by atoms with E-state index in [1.807, 2.05) is 36.4 Å². The van der Waals surface area contributed by atoms with Gasteiger partial charge in [0.1, 0.15) is 0 Å². The fourth-order valence-electron chi connectivity index (χ4n) is 5.68. The van der Waals surface area contributed by atoms with Crippen LogP contribution in [0.3, 0.4) is 0 Å². The van der Waals surface area contributed by atoms with Gasteiger partial charge in [0.2, 0.25) is 0 Å². The number of hydrogen-bond donors (Lipinski definition) is 0. The van der Waals surface area contributed by atoms with Crippen molar-refractivity contribution < 1.29 is 0 Å². The number of aromatic nitrogens is 4. The predicted molar refractivity (Wildman–Crippen MR) is 183 cm³/mol. The molecule has 0 spiro atoms. The molecule has 0 bridgehead atoms. The van der Waals surface area contributed by atoms with E-state index in [-0.39, 0.29) is 5.92 Å². The van der Waals surface area contributed by atoms with Gasteiger partial charge in [0.25, 0.3) is 0 Å².